The molecule has 0 bridgehead atoms. The Morgan fingerprint density at radius 2 is 1.00 bits per heavy atom. The van der Waals surface area contributed by atoms with Crippen LogP contribution >= 0.6 is 31.9 Å². The summed E-state index contributed by atoms with van der Waals surface area (Å²) in [5.74, 6) is 0.00432. The minimum Gasteiger partial charge on any atom is -0.294 e. The van der Waals surface area contributed by atoms with Gasteiger partial charge in [0.05, 0.1) is 0 Å². The van der Waals surface area contributed by atoms with Gasteiger partial charge in [-0.05, 0) is 47.5 Å². The number of halogens is 2. The maximum atomic E-state index is 11.8. The number of carbonyl (C=O) groups is 2. The van der Waals surface area contributed by atoms with Crippen LogP contribution in [0.4, 0.5) is 0 Å². The third-order valence-electron chi connectivity index (χ3n) is 3.26. The van der Waals surface area contributed by atoms with Crippen molar-refractivity contribution in [2.24, 2.45) is 0 Å². The van der Waals surface area contributed by atoms with Gasteiger partial charge in [-0.3, -0.25) is 9.59 Å². The monoisotopic (exact) mass is 446 g/mol. The fourth-order valence-corrected chi connectivity index (χ4v) is 2.58. The molecule has 0 aliphatic rings. The van der Waals surface area contributed by atoms with Crippen LogP contribution in [-0.2, 0) is 22.4 Å². The number of allylic oxidation sites excluding steroid dienone is 4. The molecule has 0 fully saturated rings. The van der Waals surface area contributed by atoms with E-state index in [9.17, 15) is 9.59 Å². The van der Waals surface area contributed by atoms with E-state index in [1.165, 1.54) is 12.2 Å². The Morgan fingerprint density at radius 3 is 1.33 bits per heavy atom. The molecule has 0 aliphatic carbocycles. The summed E-state index contributed by atoms with van der Waals surface area (Å²) in [4.78, 5) is 23.7. The van der Waals surface area contributed by atoms with Crippen molar-refractivity contribution in [3.63, 3.8) is 0 Å². The van der Waals surface area contributed by atoms with Crippen molar-refractivity contribution in [1.82, 2.24) is 0 Å². The van der Waals surface area contributed by atoms with Crippen LogP contribution in [0.1, 0.15) is 11.1 Å². The number of hydrogen-bond acceptors (Lipinski definition) is 2. The minimum absolute atomic E-state index is 0.00216. The van der Waals surface area contributed by atoms with E-state index in [2.05, 4.69) is 31.9 Å². The molecule has 0 heterocycles. The van der Waals surface area contributed by atoms with Crippen LogP contribution < -0.4 is 0 Å². The molecule has 0 aromatic heterocycles. The Hall–Kier alpha value is -1.78. The molecule has 0 unspecified atom stereocenters. The van der Waals surface area contributed by atoms with E-state index in [1.807, 2.05) is 48.5 Å². The highest BCUT2D eigenvalue weighted by atomic mass is 79.9. The Kier molecular flexibility index (Phi) is 7.35. The SMILES string of the molecule is O=C(C=CC=CC(=O)Cc1ccc(Br)cc1)Cc1ccc(Br)cc1. The second kappa shape index (κ2) is 9.50. The first-order valence-electron chi connectivity index (χ1n) is 7.42. The average Bonchev–Trinajstić information content (AvgIpc) is 2.56. The van der Waals surface area contributed by atoms with Crippen molar-refractivity contribution < 1.29 is 9.59 Å². The van der Waals surface area contributed by atoms with Crippen molar-refractivity contribution in [2.45, 2.75) is 12.8 Å². The summed E-state index contributed by atoms with van der Waals surface area (Å²) < 4.78 is 1.97. The van der Waals surface area contributed by atoms with Crippen molar-refractivity contribution in [3.05, 3.63) is 92.9 Å². The first-order valence-corrected chi connectivity index (χ1v) is 9.01. The number of hydrogen-bond donors (Lipinski definition) is 0. The van der Waals surface area contributed by atoms with Crippen LogP contribution in [0, 0.1) is 0 Å². The summed E-state index contributed by atoms with van der Waals surface area (Å²) in [5, 5.41) is 0. The average molecular weight is 448 g/mol. The molecule has 2 aromatic rings. The van der Waals surface area contributed by atoms with Gasteiger partial charge in [0.25, 0.3) is 0 Å². The molecule has 2 aromatic carbocycles. The van der Waals surface area contributed by atoms with Crippen molar-refractivity contribution in [2.75, 3.05) is 0 Å². The third kappa shape index (κ3) is 6.77. The first-order chi connectivity index (χ1) is 11.5. The van der Waals surface area contributed by atoms with Gasteiger partial charge in [0.2, 0.25) is 0 Å². The molecular formula is C20H16Br2O2. The van der Waals surface area contributed by atoms with E-state index in [0.29, 0.717) is 12.8 Å². The number of ketones is 2. The highest BCUT2D eigenvalue weighted by Crippen LogP contribution is 2.12. The zero-order valence-corrected chi connectivity index (χ0v) is 16.1. The molecule has 0 N–H and O–H groups in total. The quantitative estimate of drug-likeness (QED) is 0.429. The third-order valence-corrected chi connectivity index (χ3v) is 4.32. The Balaban J connectivity index is 1.80. The summed E-state index contributed by atoms with van der Waals surface area (Å²) in [6.07, 6.45) is 6.91. The second-order valence-electron chi connectivity index (χ2n) is 5.26. The number of benzene rings is 2. The van der Waals surface area contributed by atoms with Crippen molar-refractivity contribution in [1.29, 1.82) is 0 Å². The van der Waals surface area contributed by atoms with Gasteiger partial charge in [0.1, 0.15) is 0 Å². The van der Waals surface area contributed by atoms with Crippen LogP contribution in [-0.4, -0.2) is 11.6 Å². The van der Waals surface area contributed by atoms with Crippen LogP contribution in [0.25, 0.3) is 0 Å². The van der Waals surface area contributed by atoms with E-state index in [1.54, 1.807) is 12.2 Å². The predicted octanol–water partition coefficient (Wildman–Crippen LogP) is 5.25. The normalized spacial score (nSPS) is 11.2. The molecule has 4 heteroatoms. The molecule has 0 amide bonds. The zero-order chi connectivity index (χ0) is 17.4. The molecule has 0 saturated carbocycles. The maximum absolute atomic E-state index is 11.8. The fourth-order valence-electron chi connectivity index (χ4n) is 2.05. The summed E-state index contributed by atoms with van der Waals surface area (Å²) in [7, 11) is 0. The van der Waals surface area contributed by atoms with Gasteiger partial charge in [0.15, 0.2) is 11.6 Å². The van der Waals surface area contributed by atoms with Gasteiger partial charge in [-0.15, -0.1) is 0 Å². The molecule has 0 atom stereocenters. The molecule has 122 valence electrons. The van der Waals surface area contributed by atoms with Crippen LogP contribution in [0.3, 0.4) is 0 Å². The lowest BCUT2D eigenvalue weighted by Crippen LogP contribution is -1.98. The van der Waals surface area contributed by atoms with E-state index in [0.717, 1.165) is 20.1 Å². The van der Waals surface area contributed by atoms with Crippen LogP contribution in [0.2, 0.25) is 0 Å². The molecular weight excluding hydrogens is 432 g/mol. The predicted molar refractivity (Wildman–Crippen MR) is 104 cm³/mol. The van der Waals surface area contributed by atoms with Gasteiger partial charge in [-0.1, -0.05) is 68.3 Å². The lowest BCUT2D eigenvalue weighted by atomic mass is 10.1. The lowest BCUT2D eigenvalue weighted by Gasteiger charge is -1.98. The van der Waals surface area contributed by atoms with Crippen LogP contribution in [0.15, 0.2) is 81.8 Å². The topological polar surface area (TPSA) is 34.1 Å². The lowest BCUT2D eigenvalue weighted by molar-refractivity contribution is -0.114. The smallest absolute Gasteiger partial charge is 0.160 e. The van der Waals surface area contributed by atoms with E-state index in [-0.39, 0.29) is 11.6 Å². The molecule has 2 nitrogen and oxygen atoms in total. The maximum Gasteiger partial charge on any atom is 0.160 e. The highest BCUT2D eigenvalue weighted by Gasteiger charge is 2.00. The van der Waals surface area contributed by atoms with Gasteiger partial charge >= 0.3 is 0 Å². The zero-order valence-electron chi connectivity index (χ0n) is 12.9. The number of carbonyl (C=O) groups excluding carboxylic acids is 2. The summed E-state index contributed by atoms with van der Waals surface area (Å²) >= 11 is 6.72. The molecule has 0 saturated heterocycles. The summed E-state index contributed by atoms with van der Waals surface area (Å²) in [6, 6.07) is 15.3. The molecule has 0 spiro atoms. The molecule has 0 aliphatic heterocycles. The standard InChI is InChI=1S/C20H16Br2O2/c21-17-9-5-15(6-10-17)13-19(23)3-1-2-4-20(24)14-16-7-11-18(22)12-8-16/h1-12H,13-14H2. The highest BCUT2D eigenvalue weighted by molar-refractivity contribution is 9.10. The Bertz CT molecular complexity index is 690. The molecule has 0 radical (unpaired) electrons. The largest absolute Gasteiger partial charge is 0.294 e. The minimum atomic E-state index is 0.00216. The summed E-state index contributed by atoms with van der Waals surface area (Å²) in [6.45, 7) is 0. The van der Waals surface area contributed by atoms with Crippen LogP contribution in [0.5, 0.6) is 0 Å². The first kappa shape index (κ1) is 18.6. The van der Waals surface area contributed by atoms with E-state index >= 15 is 0 Å². The van der Waals surface area contributed by atoms with E-state index < -0.39 is 0 Å². The Morgan fingerprint density at radius 1 is 0.667 bits per heavy atom. The number of rotatable bonds is 7. The van der Waals surface area contributed by atoms with Gasteiger partial charge < -0.3 is 0 Å². The van der Waals surface area contributed by atoms with E-state index in [4.69, 9.17) is 0 Å². The fraction of sp³-hybridized carbons (Fsp3) is 0.100. The second-order valence-corrected chi connectivity index (χ2v) is 7.09. The van der Waals surface area contributed by atoms with Crippen molar-refractivity contribution in [3.8, 4) is 0 Å². The molecule has 24 heavy (non-hydrogen) atoms. The Labute approximate surface area is 158 Å². The van der Waals surface area contributed by atoms with Gasteiger partial charge in [-0.2, -0.15) is 0 Å². The molecule has 2 rings (SSSR count). The van der Waals surface area contributed by atoms with Gasteiger partial charge in [-0.25, -0.2) is 0 Å². The van der Waals surface area contributed by atoms with Crippen molar-refractivity contribution >= 4 is 43.4 Å². The summed E-state index contributed by atoms with van der Waals surface area (Å²) in [5.41, 5.74) is 1.92. The van der Waals surface area contributed by atoms with Gasteiger partial charge in [0, 0.05) is 21.8 Å².